The number of rotatable bonds is 0. The van der Waals surface area contributed by atoms with Gasteiger partial charge in [-0.3, -0.25) is 0 Å². The van der Waals surface area contributed by atoms with Crippen LogP contribution in [0.5, 0.6) is 0 Å². The predicted molar refractivity (Wildman–Crippen MR) is 60.2 cm³/mol. The standard InChI is InChI=1S/C6H2F10.2HI/c7-2(8)1-3(9,10)5(13,14)6(15,16)4(2,11)12;;/h1H2;2*1H. The topological polar surface area (TPSA) is 0 Å². The van der Waals surface area contributed by atoms with E-state index >= 15 is 0 Å². The van der Waals surface area contributed by atoms with Crippen LogP contribution < -0.4 is 0 Å². The van der Waals surface area contributed by atoms with Gasteiger partial charge in [0.05, 0.1) is 6.42 Å². The number of halogens is 12. The van der Waals surface area contributed by atoms with Crippen molar-refractivity contribution >= 4 is 48.0 Å². The van der Waals surface area contributed by atoms with E-state index < -0.39 is 36.0 Å². The van der Waals surface area contributed by atoms with Crippen molar-refractivity contribution in [2.45, 2.75) is 36.0 Å². The highest BCUT2D eigenvalue weighted by molar-refractivity contribution is 14.0. The lowest BCUT2D eigenvalue weighted by Crippen LogP contribution is -2.73. The summed E-state index contributed by atoms with van der Waals surface area (Å²) in [5.41, 5.74) is 0. The highest BCUT2D eigenvalue weighted by Gasteiger charge is 2.91. The van der Waals surface area contributed by atoms with E-state index in [2.05, 4.69) is 0 Å². The summed E-state index contributed by atoms with van der Waals surface area (Å²) in [6.07, 6.45) is -3.34. The van der Waals surface area contributed by atoms with Crippen molar-refractivity contribution in [2.24, 2.45) is 0 Å². The van der Waals surface area contributed by atoms with Crippen molar-refractivity contribution in [3.8, 4) is 0 Å². The average Bonchev–Trinajstić information content (AvgIpc) is 1.98. The molecule has 1 saturated carbocycles. The first-order valence-corrected chi connectivity index (χ1v) is 3.60. The summed E-state index contributed by atoms with van der Waals surface area (Å²) in [7, 11) is 0. The number of hydrogen-bond donors (Lipinski definition) is 0. The second kappa shape index (κ2) is 4.95. The van der Waals surface area contributed by atoms with Gasteiger partial charge >= 0.3 is 29.6 Å². The molecule has 1 fully saturated rings. The van der Waals surface area contributed by atoms with Crippen LogP contribution in [0.3, 0.4) is 0 Å². The molecule has 0 aromatic carbocycles. The lowest BCUT2D eigenvalue weighted by Gasteiger charge is -2.45. The van der Waals surface area contributed by atoms with E-state index in [-0.39, 0.29) is 48.0 Å². The lowest BCUT2D eigenvalue weighted by atomic mass is 9.83. The molecule has 0 aromatic heterocycles. The van der Waals surface area contributed by atoms with Gasteiger partial charge in [-0.15, -0.1) is 48.0 Å². The first-order valence-electron chi connectivity index (χ1n) is 3.60. The lowest BCUT2D eigenvalue weighted by molar-refractivity contribution is -0.443. The van der Waals surface area contributed by atoms with E-state index in [0.29, 0.717) is 0 Å². The molecule has 0 spiro atoms. The highest BCUT2D eigenvalue weighted by Crippen LogP contribution is 2.64. The fourth-order valence-electron chi connectivity index (χ4n) is 1.16. The Bertz CT molecular complexity index is 283. The van der Waals surface area contributed by atoms with Gasteiger partial charge in [-0.05, 0) is 0 Å². The average molecular weight is 520 g/mol. The molecule has 0 saturated heterocycles. The van der Waals surface area contributed by atoms with E-state index in [1.54, 1.807) is 0 Å². The third-order valence-corrected chi connectivity index (χ3v) is 2.15. The Labute approximate surface area is 128 Å². The zero-order valence-electron chi connectivity index (χ0n) is 7.80. The molecule has 0 heterocycles. The molecule has 0 nitrogen and oxygen atoms in total. The van der Waals surface area contributed by atoms with Crippen LogP contribution in [-0.2, 0) is 0 Å². The molecule has 0 bridgehead atoms. The maximum atomic E-state index is 12.3. The van der Waals surface area contributed by atoms with Crippen LogP contribution in [0.25, 0.3) is 0 Å². The zero-order chi connectivity index (χ0) is 13.2. The van der Waals surface area contributed by atoms with E-state index in [9.17, 15) is 43.9 Å². The maximum absolute atomic E-state index is 12.3. The molecule has 0 aromatic rings. The van der Waals surface area contributed by atoms with E-state index in [1.165, 1.54) is 0 Å². The van der Waals surface area contributed by atoms with Crippen molar-refractivity contribution in [1.29, 1.82) is 0 Å². The fraction of sp³-hybridized carbons (Fsp3) is 1.00. The first-order chi connectivity index (χ1) is 6.71. The minimum atomic E-state index is -6.83. The molecule has 18 heavy (non-hydrogen) atoms. The number of alkyl halides is 10. The minimum Gasteiger partial charge on any atom is -0.199 e. The van der Waals surface area contributed by atoms with Gasteiger partial charge in [0.25, 0.3) is 0 Å². The monoisotopic (exact) mass is 520 g/mol. The SMILES string of the molecule is FC1(F)CC(F)(F)C(F)(F)C(F)(F)C1(F)F.I.I. The Hall–Kier alpha value is 0.760. The first kappa shape index (κ1) is 21.1. The van der Waals surface area contributed by atoms with Crippen LogP contribution in [0, 0.1) is 0 Å². The van der Waals surface area contributed by atoms with Gasteiger partial charge in [-0.2, -0.15) is 43.9 Å². The molecule has 1 aliphatic rings. The molecule has 0 unspecified atom stereocenters. The summed E-state index contributed by atoms with van der Waals surface area (Å²) in [6, 6.07) is 0. The van der Waals surface area contributed by atoms with Gasteiger partial charge in [0, 0.05) is 0 Å². The summed E-state index contributed by atoms with van der Waals surface area (Å²) in [6.45, 7) is 0. The molecular weight excluding hydrogens is 516 g/mol. The zero-order valence-corrected chi connectivity index (χ0v) is 12.5. The van der Waals surface area contributed by atoms with Crippen LogP contribution in [0.2, 0.25) is 0 Å². The van der Waals surface area contributed by atoms with Crippen molar-refractivity contribution in [2.75, 3.05) is 0 Å². The van der Waals surface area contributed by atoms with Crippen LogP contribution in [-0.4, -0.2) is 29.6 Å². The van der Waals surface area contributed by atoms with E-state index in [4.69, 9.17) is 0 Å². The summed E-state index contributed by atoms with van der Waals surface area (Å²) < 4.78 is 123. The minimum absolute atomic E-state index is 0. The molecule has 1 rings (SSSR count). The molecule has 0 N–H and O–H groups in total. The number of hydrogen-bond acceptors (Lipinski definition) is 0. The van der Waals surface area contributed by atoms with Crippen LogP contribution in [0.15, 0.2) is 0 Å². The second-order valence-corrected chi connectivity index (χ2v) is 3.31. The molecule has 1 aliphatic carbocycles. The highest BCUT2D eigenvalue weighted by atomic mass is 127. The van der Waals surface area contributed by atoms with Crippen molar-refractivity contribution in [1.82, 2.24) is 0 Å². The van der Waals surface area contributed by atoms with Gasteiger partial charge in [0.2, 0.25) is 0 Å². The summed E-state index contributed by atoms with van der Waals surface area (Å²) in [5, 5.41) is 0. The van der Waals surface area contributed by atoms with Crippen molar-refractivity contribution in [3.63, 3.8) is 0 Å². The van der Waals surface area contributed by atoms with E-state index in [0.717, 1.165) is 0 Å². The molecule has 0 aliphatic heterocycles. The predicted octanol–water partition coefficient (Wildman–Crippen LogP) is 4.80. The van der Waals surface area contributed by atoms with Gasteiger partial charge in [0.15, 0.2) is 0 Å². The Balaban J connectivity index is 0. The van der Waals surface area contributed by atoms with Gasteiger partial charge < -0.3 is 0 Å². The Morgan fingerprint density at radius 3 is 0.889 bits per heavy atom. The fourth-order valence-corrected chi connectivity index (χ4v) is 1.16. The summed E-state index contributed by atoms with van der Waals surface area (Å²) >= 11 is 0. The van der Waals surface area contributed by atoms with Crippen LogP contribution in [0.4, 0.5) is 43.9 Å². The Morgan fingerprint density at radius 2 is 0.667 bits per heavy atom. The molecule has 0 amide bonds. The smallest absolute Gasteiger partial charge is 0.199 e. The molecule has 112 valence electrons. The Kier molecular flexibility index (Phi) is 5.79. The quantitative estimate of drug-likeness (QED) is 0.319. The molecule has 12 heteroatoms. The molecule has 0 atom stereocenters. The van der Waals surface area contributed by atoms with Gasteiger partial charge in [-0.1, -0.05) is 0 Å². The molecular formula is C6H4F10I2. The summed E-state index contributed by atoms with van der Waals surface area (Å²) in [4.78, 5) is 0. The Morgan fingerprint density at radius 1 is 0.444 bits per heavy atom. The van der Waals surface area contributed by atoms with Crippen LogP contribution >= 0.6 is 48.0 Å². The third kappa shape index (κ3) is 2.28. The van der Waals surface area contributed by atoms with Crippen molar-refractivity contribution < 1.29 is 43.9 Å². The van der Waals surface area contributed by atoms with Crippen molar-refractivity contribution in [3.05, 3.63) is 0 Å². The maximum Gasteiger partial charge on any atom is 0.384 e. The summed E-state index contributed by atoms with van der Waals surface area (Å²) in [5.74, 6) is -31.7. The molecule has 0 radical (unpaired) electrons. The van der Waals surface area contributed by atoms with E-state index in [1.807, 2.05) is 0 Å². The normalized spacial score (nSPS) is 29.7. The largest absolute Gasteiger partial charge is 0.384 e. The second-order valence-electron chi connectivity index (χ2n) is 3.31. The third-order valence-electron chi connectivity index (χ3n) is 2.15. The van der Waals surface area contributed by atoms with Crippen LogP contribution in [0.1, 0.15) is 6.42 Å². The van der Waals surface area contributed by atoms with Gasteiger partial charge in [-0.25, -0.2) is 0 Å². The van der Waals surface area contributed by atoms with Gasteiger partial charge in [0.1, 0.15) is 0 Å².